The third-order valence-electron chi connectivity index (χ3n) is 5.32. The van der Waals surface area contributed by atoms with E-state index >= 15 is 0 Å². The average molecular weight is 445 g/mol. The lowest BCUT2D eigenvalue weighted by Crippen LogP contribution is -2.23. The van der Waals surface area contributed by atoms with Gasteiger partial charge >= 0.3 is 6.18 Å². The third kappa shape index (κ3) is 5.53. The molecule has 3 aromatic rings. The zero-order valence-electron chi connectivity index (χ0n) is 18.3. The van der Waals surface area contributed by atoms with Gasteiger partial charge in [-0.2, -0.15) is 18.3 Å². The number of pyridine rings is 1. The molecular weight excluding hydrogens is 419 g/mol. The Bertz CT molecular complexity index is 1040. The van der Waals surface area contributed by atoms with Crippen molar-refractivity contribution in [1.82, 2.24) is 25.0 Å². The van der Waals surface area contributed by atoms with Crippen LogP contribution >= 0.6 is 0 Å². The Hall–Kier alpha value is -3.20. The smallest absolute Gasteiger partial charge is 0.348 e. The maximum atomic E-state index is 12.7. The Kier molecular flexibility index (Phi) is 7.29. The van der Waals surface area contributed by atoms with Crippen LogP contribution in [0, 0.1) is 6.92 Å². The standard InChI is InChI=1S/C23H26F3N5O/c1-4-30(5-2)15-18-8-6-17(7-9-18)12-28-22(32)20-14-29-31(16(20)3)21-11-10-19(13-27-21)23(24,25)26/h6-11,13-14H,4-5,12,15H2,1-3H3,(H,28,32). The number of nitrogens with one attached hydrogen (secondary N) is 1. The van der Waals surface area contributed by atoms with E-state index in [0.717, 1.165) is 37.5 Å². The lowest BCUT2D eigenvalue weighted by atomic mass is 10.1. The second-order valence-corrected chi connectivity index (χ2v) is 7.42. The van der Waals surface area contributed by atoms with Crippen molar-refractivity contribution in [2.75, 3.05) is 13.1 Å². The molecule has 0 bridgehead atoms. The molecule has 1 amide bonds. The van der Waals surface area contributed by atoms with Crippen LogP contribution in [-0.4, -0.2) is 38.7 Å². The Morgan fingerprint density at radius 2 is 1.69 bits per heavy atom. The number of alkyl halides is 3. The molecule has 0 spiro atoms. The monoisotopic (exact) mass is 445 g/mol. The number of carbonyl (C=O) groups excluding carboxylic acids is 1. The average Bonchev–Trinajstić information content (AvgIpc) is 3.17. The van der Waals surface area contributed by atoms with Crippen molar-refractivity contribution in [3.63, 3.8) is 0 Å². The first-order valence-corrected chi connectivity index (χ1v) is 10.4. The first-order valence-electron chi connectivity index (χ1n) is 10.4. The van der Waals surface area contributed by atoms with E-state index in [2.05, 4.69) is 46.3 Å². The molecule has 0 aliphatic rings. The van der Waals surface area contributed by atoms with Crippen LogP contribution in [0.5, 0.6) is 0 Å². The summed E-state index contributed by atoms with van der Waals surface area (Å²) in [5, 5.41) is 6.98. The van der Waals surface area contributed by atoms with Gasteiger partial charge in [0.2, 0.25) is 0 Å². The Morgan fingerprint density at radius 1 is 1.03 bits per heavy atom. The molecule has 0 aliphatic heterocycles. The summed E-state index contributed by atoms with van der Waals surface area (Å²) in [5.74, 6) is -0.105. The van der Waals surface area contributed by atoms with Crippen LogP contribution in [0.2, 0.25) is 0 Å². The van der Waals surface area contributed by atoms with Gasteiger partial charge in [0.05, 0.1) is 23.0 Å². The van der Waals surface area contributed by atoms with Crippen molar-refractivity contribution in [3.8, 4) is 5.82 Å². The highest BCUT2D eigenvalue weighted by Crippen LogP contribution is 2.28. The van der Waals surface area contributed by atoms with Crippen LogP contribution in [0.4, 0.5) is 13.2 Å². The molecule has 0 atom stereocenters. The van der Waals surface area contributed by atoms with Gasteiger partial charge in [0.25, 0.3) is 5.91 Å². The van der Waals surface area contributed by atoms with E-state index < -0.39 is 11.7 Å². The summed E-state index contributed by atoms with van der Waals surface area (Å²) in [7, 11) is 0. The fourth-order valence-electron chi connectivity index (χ4n) is 3.29. The minimum Gasteiger partial charge on any atom is -0.348 e. The highest BCUT2D eigenvalue weighted by atomic mass is 19.4. The number of carbonyl (C=O) groups is 1. The molecule has 0 aliphatic carbocycles. The summed E-state index contributed by atoms with van der Waals surface area (Å²) >= 11 is 0. The summed E-state index contributed by atoms with van der Waals surface area (Å²) < 4.78 is 39.5. The number of rotatable bonds is 8. The zero-order valence-corrected chi connectivity index (χ0v) is 18.3. The largest absolute Gasteiger partial charge is 0.417 e. The van der Waals surface area contributed by atoms with E-state index in [-0.39, 0.29) is 11.7 Å². The predicted octanol–water partition coefficient (Wildman–Crippen LogP) is 4.37. The molecule has 170 valence electrons. The molecule has 0 unspecified atom stereocenters. The maximum absolute atomic E-state index is 12.7. The minimum atomic E-state index is -4.46. The molecule has 0 fully saturated rings. The second kappa shape index (κ2) is 9.95. The second-order valence-electron chi connectivity index (χ2n) is 7.42. The van der Waals surface area contributed by atoms with Crippen molar-refractivity contribution in [2.24, 2.45) is 0 Å². The van der Waals surface area contributed by atoms with Crippen LogP contribution in [-0.2, 0) is 19.3 Å². The van der Waals surface area contributed by atoms with Crippen molar-refractivity contribution in [1.29, 1.82) is 0 Å². The number of halogens is 3. The molecular formula is C23H26F3N5O. The quantitative estimate of drug-likeness (QED) is 0.560. The van der Waals surface area contributed by atoms with Gasteiger partial charge in [0.1, 0.15) is 0 Å². The van der Waals surface area contributed by atoms with Crippen molar-refractivity contribution in [3.05, 3.63) is 76.7 Å². The van der Waals surface area contributed by atoms with Gasteiger partial charge in [-0.15, -0.1) is 0 Å². The molecule has 2 heterocycles. The van der Waals surface area contributed by atoms with Crippen LogP contribution in [0.15, 0.2) is 48.8 Å². The van der Waals surface area contributed by atoms with Gasteiger partial charge in [-0.25, -0.2) is 9.67 Å². The van der Waals surface area contributed by atoms with Crippen LogP contribution in [0.3, 0.4) is 0 Å². The first kappa shape index (κ1) is 23.5. The van der Waals surface area contributed by atoms with Crippen LogP contribution < -0.4 is 5.32 Å². The molecule has 0 saturated heterocycles. The van der Waals surface area contributed by atoms with E-state index in [0.29, 0.717) is 17.8 Å². The van der Waals surface area contributed by atoms with E-state index in [4.69, 9.17) is 0 Å². The molecule has 1 N–H and O–H groups in total. The molecule has 1 aromatic carbocycles. The Balaban J connectivity index is 1.63. The Labute approximate surface area is 185 Å². The zero-order chi connectivity index (χ0) is 23.3. The minimum absolute atomic E-state index is 0.207. The van der Waals surface area contributed by atoms with Crippen LogP contribution in [0.1, 0.15) is 46.6 Å². The highest BCUT2D eigenvalue weighted by Gasteiger charge is 2.30. The van der Waals surface area contributed by atoms with Gasteiger partial charge in [0, 0.05) is 19.3 Å². The number of aromatic nitrogens is 3. The first-order chi connectivity index (χ1) is 15.2. The normalized spacial score (nSPS) is 11.7. The maximum Gasteiger partial charge on any atom is 0.417 e. The van der Waals surface area contributed by atoms with Gasteiger partial charge in [-0.1, -0.05) is 38.1 Å². The van der Waals surface area contributed by atoms with E-state index in [1.807, 2.05) is 12.1 Å². The molecule has 32 heavy (non-hydrogen) atoms. The lowest BCUT2D eigenvalue weighted by Gasteiger charge is -2.18. The third-order valence-corrected chi connectivity index (χ3v) is 5.32. The van der Waals surface area contributed by atoms with E-state index in [1.54, 1.807) is 6.92 Å². The molecule has 3 rings (SSSR count). The van der Waals surface area contributed by atoms with E-state index in [1.165, 1.54) is 22.5 Å². The number of benzene rings is 1. The Morgan fingerprint density at radius 3 is 2.25 bits per heavy atom. The number of hydrogen-bond donors (Lipinski definition) is 1. The molecule has 2 aromatic heterocycles. The number of nitrogens with zero attached hydrogens (tertiary/aromatic N) is 4. The molecule has 0 saturated carbocycles. The summed E-state index contributed by atoms with van der Waals surface area (Å²) in [4.78, 5) is 18.8. The van der Waals surface area contributed by atoms with Crippen molar-refractivity contribution >= 4 is 5.91 Å². The van der Waals surface area contributed by atoms with Crippen LogP contribution in [0.25, 0.3) is 5.82 Å². The number of hydrogen-bond acceptors (Lipinski definition) is 4. The molecule has 9 heteroatoms. The summed E-state index contributed by atoms with van der Waals surface area (Å²) in [5.41, 5.74) is 2.17. The summed E-state index contributed by atoms with van der Waals surface area (Å²) in [6, 6.07) is 10.2. The highest BCUT2D eigenvalue weighted by molar-refractivity contribution is 5.95. The molecule has 6 nitrogen and oxygen atoms in total. The fourth-order valence-corrected chi connectivity index (χ4v) is 3.29. The lowest BCUT2D eigenvalue weighted by molar-refractivity contribution is -0.137. The number of amides is 1. The van der Waals surface area contributed by atoms with Gasteiger partial charge < -0.3 is 5.32 Å². The van der Waals surface area contributed by atoms with Crippen molar-refractivity contribution < 1.29 is 18.0 Å². The topological polar surface area (TPSA) is 63.1 Å². The van der Waals surface area contributed by atoms with Gasteiger partial charge in [0.15, 0.2) is 5.82 Å². The van der Waals surface area contributed by atoms with Crippen molar-refractivity contribution in [2.45, 2.75) is 40.0 Å². The van der Waals surface area contributed by atoms with E-state index in [9.17, 15) is 18.0 Å². The SMILES string of the molecule is CCN(CC)Cc1ccc(CNC(=O)c2cnn(-c3ccc(C(F)(F)F)cn3)c2C)cc1. The van der Waals surface area contributed by atoms with Gasteiger partial charge in [-0.05, 0) is 43.3 Å². The summed E-state index contributed by atoms with van der Waals surface area (Å²) in [6.07, 6.45) is -2.32. The summed E-state index contributed by atoms with van der Waals surface area (Å²) in [6.45, 7) is 9.15. The molecule has 0 radical (unpaired) electrons. The fraction of sp³-hybridized carbons (Fsp3) is 0.348. The van der Waals surface area contributed by atoms with Gasteiger partial charge in [-0.3, -0.25) is 9.69 Å². The predicted molar refractivity (Wildman–Crippen MR) is 115 cm³/mol.